The summed E-state index contributed by atoms with van der Waals surface area (Å²) < 4.78 is 4.80. The van der Waals surface area contributed by atoms with Gasteiger partial charge in [0.1, 0.15) is 0 Å². The summed E-state index contributed by atoms with van der Waals surface area (Å²) in [4.78, 5) is 33.3. The molecule has 0 fully saturated rings. The Kier molecular flexibility index (Phi) is 7.10. The van der Waals surface area contributed by atoms with Gasteiger partial charge in [0.15, 0.2) is 0 Å². The number of ether oxygens (including phenoxy) is 1. The van der Waals surface area contributed by atoms with Crippen LogP contribution in [0.15, 0.2) is 0 Å². The van der Waals surface area contributed by atoms with Gasteiger partial charge in [-0.1, -0.05) is 10.5 Å². The average Bonchev–Trinajstić information content (AvgIpc) is 2.55. The highest BCUT2D eigenvalue weighted by Gasteiger charge is 2.22. The van der Waals surface area contributed by atoms with Crippen molar-refractivity contribution in [2.24, 2.45) is 0 Å². The molecule has 1 unspecified atom stereocenters. The van der Waals surface area contributed by atoms with E-state index in [9.17, 15) is 5.11 Å². The van der Waals surface area contributed by atoms with Crippen molar-refractivity contribution in [3.63, 3.8) is 0 Å². The van der Waals surface area contributed by atoms with Crippen LogP contribution >= 0.6 is 0 Å². The molecule has 0 radical (unpaired) electrons. The predicted octanol–water partition coefficient (Wildman–Crippen LogP) is -0.911. The zero-order valence-electron chi connectivity index (χ0n) is 13.2. The summed E-state index contributed by atoms with van der Waals surface area (Å²) in [6, 6.07) is 0. The molecule has 1 N–H and O–H groups in total. The molecular weight excluding hydrogens is 300 g/mol. The molecule has 1 rings (SSSR count). The van der Waals surface area contributed by atoms with Crippen LogP contribution in [0.5, 0.6) is 0 Å². The Morgan fingerprint density at radius 3 is 1.45 bits per heavy atom. The average molecular weight is 320 g/mol. The van der Waals surface area contributed by atoms with Crippen LogP contribution in [-0.4, -0.2) is 69.1 Å². The van der Waals surface area contributed by atoms with Crippen molar-refractivity contribution in [2.75, 3.05) is 57.9 Å². The Morgan fingerprint density at radius 1 is 0.773 bits per heavy atom. The molecule has 12 heteroatoms. The number of nitrogens with zero attached hydrogens (tertiary/aromatic N) is 6. The third kappa shape index (κ3) is 4.09. The van der Waals surface area contributed by atoms with E-state index in [1.165, 1.54) is 47.5 Å². The van der Waals surface area contributed by atoms with Crippen molar-refractivity contribution < 1.29 is 29.2 Å². The first-order valence-corrected chi connectivity index (χ1v) is 5.98. The van der Waals surface area contributed by atoms with Crippen LogP contribution < -0.4 is 15.4 Å². The molecule has 0 bridgehead atoms. The lowest BCUT2D eigenvalue weighted by atomic mass is 10.7. The second-order valence-corrected chi connectivity index (χ2v) is 3.65. The smallest absolute Gasteiger partial charge is 0.284 e. The van der Waals surface area contributed by atoms with Crippen LogP contribution in [0.3, 0.4) is 0 Å². The summed E-state index contributed by atoms with van der Waals surface area (Å²) >= 11 is 0. The van der Waals surface area contributed by atoms with Crippen molar-refractivity contribution >= 4 is 17.8 Å². The zero-order chi connectivity index (χ0) is 16.7. The van der Waals surface area contributed by atoms with Gasteiger partial charge < -0.3 is 9.84 Å². The van der Waals surface area contributed by atoms with Gasteiger partial charge in [-0.25, -0.2) is 19.4 Å². The first kappa shape index (κ1) is 18.2. The van der Waals surface area contributed by atoms with E-state index in [4.69, 9.17) is 24.1 Å². The standard InChI is InChI=1S/C10H20N6O6/c1-14(10(17)18-2)7-11-8(15(19-3)20-4)13-9(12-7)16(21-5)22-6/h10,17H,1-6H3. The van der Waals surface area contributed by atoms with Gasteiger partial charge >= 0.3 is 0 Å². The molecule has 1 atom stereocenters. The Hall–Kier alpha value is -1.83. The highest BCUT2D eigenvalue weighted by Crippen LogP contribution is 2.19. The molecular formula is C10H20N6O6. The number of aromatic nitrogens is 3. The second kappa shape index (κ2) is 8.57. The molecule has 1 aromatic heterocycles. The van der Waals surface area contributed by atoms with E-state index in [0.29, 0.717) is 0 Å². The maximum absolute atomic E-state index is 9.72. The zero-order valence-corrected chi connectivity index (χ0v) is 13.2. The molecule has 0 aromatic carbocycles. The molecule has 0 aliphatic carbocycles. The van der Waals surface area contributed by atoms with Gasteiger partial charge in [0.05, 0.1) is 28.4 Å². The van der Waals surface area contributed by atoms with E-state index in [0.717, 1.165) is 10.5 Å². The number of aliphatic hydroxyl groups is 1. The monoisotopic (exact) mass is 320 g/mol. The van der Waals surface area contributed by atoms with E-state index in [1.807, 2.05) is 0 Å². The first-order valence-electron chi connectivity index (χ1n) is 5.98. The van der Waals surface area contributed by atoms with Crippen LogP contribution in [-0.2, 0) is 24.1 Å². The van der Waals surface area contributed by atoms with Gasteiger partial charge in [0, 0.05) is 14.2 Å². The van der Waals surface area contributed by atoms with Gasteiger partial charge in [0.25, 0.3) is 11.9 Å². The Morgan fingerprint density at radius 2 is 1.14 bits per heavy atom. The van der Waals surface area contributed by atoms with Crippen molar-refractivity contribution in [1.82, 2.24) is 15.0 Å². The third-order valence-electron chi connectivity index (χ3n) is 2.45. The molecule has 0 spiro atoms. The summed E-state index contributed by atoms with van der Waals surface area (Å²) in [6.07, 6.45) is -1.26. The maximum Gasteiger partial charge on any atom is 0.284 e. The van der Waals surface area contributed by atoms with Crippen LogP contribution in [0.2, 0.25) is 0 Å². The molecule has 126 valence electrons. The SMILES string of the molecule is COC(O)N(C)c1nc(N(OC)OC)nc(N(OC)OC)n1. The lowest BCUT2D eigenvalue weighted by Crippen LogP contribution is -2.36. The van der Waals surface area contributed by atoms with Gasteiger partial charge in [-0.2, -0.15) is 15.0 Å². The van der Waals surface area contributed by atoms with Crippen LogP contribution in [0.25, 0.3) is 0 Å². The quantitative estimate of drug-likeness (QED) is 0.448. The first-order chi connectivity index (χ1) is 10.5. The Labute approximate surface area is 127 Å². The molecule has 22 heavy (non-hydrogen) atoms. The van der Waals surface area contributed by atoms with Crippen molar-refractivity contribution in [3.05, 3.63) is 0 Å². The lowest BCUT2D eigenvalue weighted by molar-refractivity contribution is -0.0724. The fourth-order valence-electron chi connectivity index (χ4n) is 1.40. The van der Waals surface area contributed by atoms with Crippen LogP contribution in [0.1, 0.15) is 0 Å². The minimum Gasteiger partial charge on any atom is -0.351 e. The highest BCUT2D eigenvalue weighted by atomic mass is 16.9. The molecule has 1 heterocycles. The number of hydrogen-bond acceptors (Lipinski definition) is 12. The molecule has 1 aromatic rings. The van der Waals surface area contributed by atoms with Gasteiger partial charge in [0.2, 0.25) is 12.4 Å². The van der Waals surface area contributed by atoms with E-state index in [1.54, 1.807) is 0 Å². The molecule has 0 saturated heterocycles. The molecule has 0 aliphatic heterocycles. The van der Waals surface area contributed by atoms with Crippen LogP contribution in [0.4, 0.5) is 17.8 Å². The summed E-state index contributed by atoms with van der Waals surface area (Å²) in [5.74, 6) is 0.0612. The summed E-state index contributed by atoms with van der Waals surface area (Å²) in [7, 11) is 8.31. The number of rotatable bonds is 9. The fraction of sp³-hybridized carbons (Fsp3) is 0.700. The van der Waals surface area contributed by atoms with Gasteiger partial charge in [-0.15, -0.1) is 0 Å². The van der Waals surface area contributed by atoms with Gasteiger partial charge in [-0.05, 0) is 0 Å². The molecule has 12 nitrogen and oxygen atoms in total. The van der Waals surface area contributed by atoms with E-state index in [-0.39, 0.29) is 17.8 Å². The minimum absolute atomic E-state index is 0.000692. The highest BCUT2D eigenvalue weighted by molar-refractivity contribution is 5.42. The van der Waals surface area contributed by atoms with Crippen LogP contribution in [0, 0.1) is 0 Å². The Balaban J connectivity index is 3.31. The molecule has 0 amide bonds. The molecule has 0 saturated carbocycles. The minimum atomic E-state index is -1.26. The lowest BCUT2D eigenvalue weighted by Gasteiger charge is -2.25. The number of anilines is 3. The Bertz CT molecular complexity index is 427. The predicted molar refractivity (Wildman–Crippen MR) is 74.2 cm³/mol. The summed E-state index contributed by atoms with van der Waals surface area (Å²) in [6.45, 7) is 0. The van der Waals surface area contributed by atoms with E-state index in [2.05, 4.69) is 15.0 Å². The second-order valence-electron chi connectivity index (χ2n) is 3.65. The number of methoxy groups -OCH3 is 1. The van der Waals surface area contributed by atoms with Crippen molar-refractivity contribution in [1.29, 1.82) is 0 Å². The van der Waals surface area contributed by atoms with E-state index >= 15 is 0 Å². The summed E-state index contributed by atoms with van der Waals surface area (Å²) in [5.41, 5.74) is 0. The maximum atomic E-state index is 9.72. The van der Waals surface area contributed by atoms with Crippen molar-refractivity contribution in [3.8, 4) is 0 Å². The largest absolute Gasteiger partial charge is 0.351 e. The normalized spacial score (nSPS) is 12.1. The molecule has 0 aliphatic rings. The van der Waals surface area contributed by atoms with Gasteiger partial charge in [-0.3, -0.25) is 4.90 Å². The number of hydrogen-bond donors (Lipinski definition) is 1. The van der Waals surface area contributed by atoms with E-state index < -0.39 is 6.41 Å². The third-order valence-corrected chi connectivity index (χ3v) is 2.45. The fourth-order valence-corrected chi connectivity index (χ4v) is 1.40. The number of aliphatic hydroxyl groups excluding tert-OH is 1. The topological polar surface area (TPSA) is 115 Å². The summed E-state index contributed by atoms with van der Waals surface area (Å²) in [5, 5.41) is 11.6. The van der Waals surface area contributed by atoms with Crippen molar-refractivity contribution in [2.45, 2.75) is 6.41 Å².